The minimum Gasteiger partial charge on any atom is -0.507 e. The molecule has 0 spiro atoms. The van der Waals surface area contributed by atoms with Gasteiger partial charge in [0.1, 0.15) is 17.6 Å². The van der Waals surface area contributed by atoms with Crippen molar-refractivity contribution in [3.05, 3.63) is 40.2 Å². The smallest absolute Gasteiger partial charge is 0.343 e. The first kappa shape index (κ1) is 10.4. The van der Waals surface area contributed by atoms with Crippen LogP contribution in [-0.4, -0.2) is 11.4 Å². The van der Waals surface area contributed by atoms with E-state index in [-0.39, 0.29) is 24.2 Å². The molecule has 2 aromatic rings. The maximum absolute atomic E-state index is 11.5. The lowest BCUT2D eigenvalue weighted by molar-refractivity contribution is -0.107. The first-order valence-corrected chi connectivity index (χ1v) is 4.91. The Hall–Kier alpha value is -2.10. The number of carbonyl (C=O) groups excluding carboxylic acids is 1. The van der Waals surface area contributed by atoms with Crippen molar-refractivity contribution in [3.8, 4) is 5.75 Å². The van der Waals surface area contributed by atoms with Crippen LogP contribution in [0.25, 0.3) is 11.0 Å². The third-order valence-corrected chi connectivity index (χ3v) is 2.39. The van der Waals surface area contributed by atoms with Crippen LogP contribution in [0.1, 0.15) is 12.0 Å². The Labute approximate surface area is 91.1 Å². The van der Waals surface area contributed by atoms with Gasteiger partial charge in [-0.3, -0.25) is 0 Å². The Balaban J connectivity index is 2.65. The van der Waals surface area contributed by atoms with Crippen LogP contribution in [0.5, 0.6) is 5.75 Å². The Morgan fingerprint density at radius 3 is 2.81 bits per heavy atom. The van der Waals surface area contributed by atoms with Crippen LogP contribution in [0, 0.1) is 0 Å². The van der Waals surface area contributed by atoms with E-state index in [0.29, 0.717) is 17.3 Å². The normalized spacial score (nSPS) is 10.5. The summed E-state index contributed by atoms with van der Waals surface area (Å²) in [6, 6.07) is 6.74. The molecule has 82 valence electrons. The summed E-state index contributed by atoms with van der Waals surface area (Å²) >= 11 is 0. The van der Waals surface area contributed by atoms with Crippen LogP contribution in [0.3, 0.4) is 0 Å². The molecule has 1 aromatic heterocycles. The Morgan fingerprint density at radius 2 is 2.06 bits per heavy atom. The number of rotatable bonds is 3. The standard InChI is InChI=1S/C12H10O4/c13-7-3-5-9-11(14)8-4-1-2-6-10(8)16-12(9)15/h1-2,4,6-7,14H,3,5H2. The van der Waals surface area contributed by atoms with Crippen LogP contribution >= 0.6 is 0 Å². The number of benzene rings is 1. The van der Waals surface area contributed by atoms with Gasteiger partial charge >= 0.3 is 5.63 Å². The van der Waals surface area contributed by atoms with Crippen molar-refractivity contribution in [3.63, 3.8) is 0 Å². The van der Waals surface area contributed by atoms with Gasteiger partial charge in [0.15, 0.2) is 0 Å². The molecule has 0 unspecified atom stereocenters. The van der Waals surface area contributed by atoms with Crippen molar-refractivity contribution < 1.29 is 14.3 Å². The predicted molar refractivity (Wildman–Crippen MR) is 58.5 cm³/mol. The van der Waals surface area contributed by atoms with E-state index >= 15 is 0 Å². The third-order valence-electron chi connectivity index (χ3n) is 2.39. The summed E-state index contributed by atoms with van der Waals surface area (Å²) in [6.07, 6.45) is 1.09. The van der Waals surface area contributed by atoms with E-state index in [9.17, 15) is 14.7 Å². The largest absolute Gasteiger partial charge is 0.507 e. The molecule has 0 amide bonds. The average molecular weight is 218 g/mol. The van der Waals surface area contributed by atoms with Gasteiger partial charge in [0, 0.05) is 6.42 Å². The number of carbonyl (C=O) groups is 1. The molecular formula is C12H10O4. The van der Waals surface area contributed by atoms with Crippen molar-refractivity contribution in [2.75, 3.05) is 0 Å². The highest BCUT2D eigenvalue weighted by Crippen LogP contribution is 2.26. The summed E-state index contributed by atoms with van der Waals surface area (Å²) in [5.74, 6) is -0.0892. The van der Waals surface area contributed by atoms with Gasteiger partial charge in [0.05, 0.1) is 10.9 Å². The highest BCUT2D eigenvalue weighted by molar-refractivity contribution is 5.83. The molecule has 2 rings (SSSR count). The fourth-order valence-electron chi connectivity index (χ4n) is 1.60. The lowest BCUT2D eigenvalue weighted by atomic mass is 10.1. The molecule has 0 aliphatic carbocycles. The van der Waals surface area contributed by atoms with E-state index in [0.717, 1.165) is 0 Å². The lowest BCUT2D eigenvalue weighted by Gasteiger charge is -2.04. The Kier molecular flexibility index (Phi) is 2.72. The van der Waals surface area contributed by atoms with E-state index in [1.54, 1.807) is 24.3 Å². The highest BCUT2D eigenvalue weighted by atomic mass is 16.4. The summed E-state index contributed by atoms with van der Waals surface area (Å²) in [4.78, 5) is 21.8. The molecule has 0 radical (unpaired) electrons. The molecule has 4 nitrogen and oxygen atoms in total. The van der Waals surface area contributed by atoms with Gasteiger partial charge < -0.3 is 14.3 Å². The first-order chi connectivity index (χ1) is 7.74. The average Bonchev–Trinajstić information content (AvgIpc) is 2.29. The molecule has 4 heteroatoms. The highest BCUT2D eigenvalue weighted by Gasteiger charge is 2.12. The fraction of sp³-hybridized carbons (Fsp3) is 0.167. The zero-order valence-electron chi connectivity index (χ0n) is 8.47. The molecule has 1 heterocycles. The molecular weight excluding hydrogens is 208 g/mol. The summed E-state index contributed by atoms with van der Waals surface area (Å²) in [7, 11) is 0. The summed E-state index contributed by atoms with van der Waals surface area (Å²) < 4.78 is 5.04. The number of aldehydes is 1. The molecule has 0 bridgehead atoms. The minimum atomic E-state index is -0.585. The zero-order chi connectivity index (χ0) is 11.5. The van der Waals surface area contributed by atoms with E-state index in [4.69, 9.17) is 4.42 Å². The topological polar surface area (TPSA) is 67.5 Å². The maximum Gasteiger partial charge on any atom is 0.343 e. The molecule has 0 fully saturated rings. The van der Waals surface area contributed by atoms with Crippen molar-refractivity contribution in [1.82, 2.24) is 0 Å². The second-order valence-corrected chi connectivity index (χ2v) is 3.42. The van der Waals surface area contributed by atoms with Gasteiger partial charge in [-0.2, -0.15) is 0 Å². The van der Waals surface area contributed by atoms with Gasteiger partial charge in [-0.1, -0.05) is 12.1 Å². The van der Waals surface area contributed by atoms with Gasteiger partial charge in [-0.15, -0.1) is 0 Å². The monoisotopic (exact) mass is 218 g/mol. The molecule has 1 aromatic carbocycles. The number of hydrogen-bond donors (Lipinski definition) is 1. The van der Waals surface area contributed by atoms with Gasteiger partial charge in [0.2, 0.25) is 0 Å². The Morgan fingerprint density at radius 1 is 1.31 bits per heavy atom. The van der Waals surface area contributed by atoms with Crippen LogP contribution in [0.15, 0.2) is 33.5 Å². The Bertz CT molecular complexity index is 583. The van der Waals surface area contributed by atoms with E-state index < -0.39 is 5.63 Å². The second-order valence-electron chi connectivity index (χ2n) is 3.42. The quantitative estimate of drug-likeness (QED) is 0.628. The first-order valence-electron chi connectivity index (χ1n) is 4.91. The zero-order valence-corrected chi connectivity index (χ0v) is 8.47. The van der Waals surface area contributed by atoms with Gasteiger partial charge in [0.25, 0.3) is 0 Å². The van der Waals surface area contributed by atoms with Crippen LogP contribution < -0.4 is 5.63 Å². The van der Waals surface area contributed by atoms with Crippen molar-refractivity contribution in [1.29, 1.82) is 0 Å². The van der Waals surface area contributed by atoms with Crippen molar-refractivity contribution in [2.24, 2.45) is 0 Å². The number of aromatic hydroxyl groups is 1. The summed E-state index contributed by atoms with van der Waals surface area (Å²) in [5, 5.41) is 10.4. The van der Waals surface area contributed by atoms with Crippen LogP contribution in [0.4, 0.5) is 0 Å². The molecule has 0 atom stereocenters. The van der Waals surface area contributed by atoms with E-state index in [1.807, 2.05) is 0 Å². The minimum absolute atomic E-state index is 0.0892. The molecule has 1 N–H and O–H groups in total. The SMILES string of the molecule is O=CCCc1c(O)c2ccccc2oc1=O. The third kappa shape index (κ3) is 1.69. The maximum atomic E-state index is 11.5. The van der Waals surface area contributed by atoms with Crippen LogP contribution in [0.2, 0.25) is 0 Å². The molecule has 0 saturated heterocycles. The predicted octanol–water partition coefficient (Wildman–Crippen LogP) is 1.63. The number of hydrogen-bond acceptors (Lipinski definition) is 4. The molecule has 0 aliphatic heterocycles. The molecule has 16 heavy (non-hydrogen) atoms. The number of para-hydroxylation sites is 1. The van der Waals surface area contributed by atoms with Crippen molar-refractivity contribution in [2.45, 2.75) is 12.8 Å². The lowest BCUT2D eigenvalue weighted by Crippen LogP contribution is -2.08. The number of fused-ring (bicyclic) bond motifs is 1. The van der Waals surface area contributed by atoms with Gasteiger partial charge in [-0.25, -0.2) is 4.79 Å². The van der Waals surface area contributed by atoms with E-state index in [2.05, 4.69) is 0 Å². The molecule has 0 aliphatic rings. The summed E-state index contributed by atoms with van der Waals surface area (Å²) in [5.41, 5.74) is -0.0799. The van der Waals surface area contributed by atoms with E-state index in [1.165, 1.54) is 0 Å². The van der Waals surface area contributed by atoms with Crippen LogP contribution in [-0.2, 0) is 11.2 Å². The molecule has 0 saturated carbocycles. The van der Waals surface area contributed by atoms with Crippen molar-refractivity contribution >= 4 is 17.3 Å². The van der Waals surface area contributed by atoms with Gasteiger partial charge in [-0.05, 0) is 18.6 Å². The summed E-state index contributed by atoms with van der Waals surface area (Å²) in [6.45, 7) is 0. The second kappa shape index (κ2) is 4.18. The fourth-order valence-corrected chi connectivity index (χ4v) is 1.60.